The third-order valence-corrected chi connectivity index (χ3v) is 3.39. The normalized spacial score (nSPS) is 18.2. The molecule has 2 rings (SSSR count). The van der Waals surface area contributed by atoms with Crippen molar-refractivity contribution < 1.29 is 5.11 Å². The Morgan fingerprint density at radius 3 is 2.94 bits per heavy atom. The Labute approximate surface area is 102 Å². The van der Waals surface area contributed by atoms with Crippen molar-refractivity contribution >= 4 is 5.95 Å². The van der Waals surface area contributed by atoms with Crippen LogP contribution >= 0.6 is 0 Å². The van der Waals surface area contributed by atoms with Gasteiger partial charge in [0.2, 0.25) is 5.95 Å². The summed E-state index contributed by atoms with van der Waals surface area (Å²) in [7, 11) is 0. The lowest BCUT2D eigenvalue weighted by Gasteiger charge is -2.14. The van der Waals surface area contributed by atoms with Crippen molar-refractivity contribution in [1.29, 1.82) is 0 Å². The molecule has 1 heterocycles. The van der Waals surface area contributed by atoms with Gasteiger partial charge in [0, 0.05) is 30.5 Å². The Bertz CT molecular complexity index is 350. The molecule has 1 aliphatic carbocycles. The molecule has 4 nitrogen and oxygen atoms in total. The number of rotatable bonds is 5. The molecule has 0 radical (unpaired) electrons. The quantitative estimate of drug-likeness (QED) is 0.822. The van der Waals surface area contributed by atoms with Gasteiger partial charge in [-0.2, -0.15) is 0 Å². The molecule has 0 bridgehead atoms. The van der Waals surface area contributed by atoms with E-state index in [-0.39, 0.29) is 12.6 Å². The molecule has 0 saturated heterocycles. The van der Waals surface area contributed by atoms with Gasteiger partial charge in [0.1, 0.15) is 0 Å². The molecule has 2 N–H and O–H groups in total. The molecular formula is C13H21N3O. The Balaban J connectivity index is 2.00. The minimum absolute atomic E-state index is 0.191. The average Bonchev–Trinajstić information content (AvgIpc) is 2.83. The number of hydrogen-bond donors (Lipinski definition) is 2. The number of nitrogens with one attached hydrogen (secondary N) is 1. The van der Waals surface area contributed by atoms with Crippen LogP contribution in [0.15, 0.2) is 12.3 Å². The molecule has 4 heteroatoms. The highest BCUT2D eigenvalue weighted by Gasteiger charge is 2.18. The van der Waals surface area contributed by atoms with Crippen LogP contribution in [0.5, 0.6) is 0 Å². The molecule has 94 valence electrons. The summed E-state index contributed by atoms with van der Waals surface area (Å²) in [5, 5.41) is 12.1. The molecule has 1 atom stereocenters. The van der Waals surface area contributed by atoms with Gasteiger partial charge in [-0.05, 0) is 32.3 Å². The predicted octanol–water partition coefficient (Wildman–Crippen LogP) is 2.32. The Morgan fingerprint density at radius 2 is 2.24 bits per heavy atom. The van der Waals surface area contributed by atoms with E-state index in [0.29, 0.717) is 11.9 Å². The van der Waals surface area contributed by atoms with Crippen LogP contribution in [0.1, 0.15) is 50.6 Å². The van der Waals surface area contributed by atoms with Crippen molar-refractivity contribution in [2.45, 2.75) is 51.0 Å². The zero-order chi connectivity index (χ0) is 12.1. The molecule has 1 saturated carbocycles. The van der Waals surface area contributed by atoms with Gasteiger partial charge in [0.05, 0.1) is 0 Å². The summed E-state index contributed by atoms with van der Waals surface area (Å²) in [6.07, 6.45) is 7.69. The van der Waals surface area contributed by atoms with E-state index in [0.717, 1.165) is 12.1 Å². The molecule has 0 unspecified atom stereocenters. The molecular weight excluding hydrogens is 214 g/mol. The number of hydrogen-bond acceptors (Lipinski definition) is 4. The van der Waals surface area contributed by atoms with Gasteiger partial charge < -0.3 is 10.4 Å². The summed E-state index contributed by atoms with van der Waals surface area (Å²) in [4.78, 5) is 8.80. The zero-order valence-electron chi connectivity index (χ0n) is 10.4. The van der Waals surface area contributed by atoms with E-state index < -0.39 is 0 Å². The predicted molar refractivity (Wildman–Crippen MR) is 68.0 cm³/mol. The zero-order valence-corrected chi connectivity index (χ0v) is 10.4. The highest BCUT2D eigenvalue weighted by atomic mass is 16.3. The van der Waals surface area contributed by atoms with Gasteiger partial charge in [0.15, 0.2) is 0 Å². The van der Waals surface area contributed by atoms with Crippen LogP contribution in [-0.4, -0.2) is 27.7 Å². The summed E-state index contributed by atoms with van der Waals surface area (Å²) < 4.78 is 0. The monoisotopic (exact) mass is 235 g/mol. The fourth-order valence-corrected chi connectivity index (χ4v) is 2.38. The van der Waals surface area contributed by atoms with Gasteiger partial charge in [0.25, 0.3) is 0 Å². The van der Waals surface area contributed by atoms with Crippen LogP contribution < -0.4 is 5.32 Å². The molecule has 0 aliphatic heterocycles. The first-order valence-corrected chi connectivity index (χ1v) is 6.50. The van der Waals surface area contributed by atoms with E-state index in [1.54, 1.807) is 0 Å². The van der Waals surface area contributed by atoms with Crippen LogP contribution in [0, 0.1) is 0 Å². The summed E-state index contributed by atoms with van der Waals surface area (Å²) in [6, 6.07) is 2.23. The van der Waals surface area contributed by atoms with E-state index >= 15 is 0 Å². The Morgan fingerprint density at radius 1 is 1.47 bits per heavy atom. The van der Waals surface area contributed by atoms with Crippen LogP contribution in [0.2, 0.25) is 0 Å². The minimum Gasteiger partial charge on any atom is -0.396 e. The smallest absolute Gasteiger partial charge is 0.223 e. The molecule has 0 amide bonds. The molecule has 17 heavy (non-hydrogen) atoms. The lowest BCUT2D eigenvalue weighted by Crippen LogP contribution is -2.18. The van der Waals surface area contributed by atoms with Crippen molar-refractivity contribution in [3.8, 4) is 0 Å². The maximum absolute atomic E-state index is 8.86. The van der Waals surface area contributed by atoms with Crippen molar-refractivity contribution in [3.63, 3.8) is 0 Å². The number of nitrogens with zero attached hydrogens (tertiary/aromatic N) is 2. The summed E-state index contributed by atoms with van der Waals surface area (Å²) in [5.74, 6) is 1.31. The van der Waals surface area contributed by atoms with Gasteiger partial charge >= 0.3 is 0 Å². The molecule has 0 spiro atoms. The van der Waals surface area contributed by atoms with Crippen molar-refractivity contribution in [1.82, 2.24) is 9.97 Å². The Hall–Kier alpha value is -1.16. The lowest BCUT2D eigenvalue weighted by atomic mass is 10.0. The summed E-state index contributed by atoms with van der Waals surface area (Å²) >= 11 is 0. The number of aromatic nitrogens is 2. The molecule has 1 aromatic rings. The molecule has 1 aromatic heterocycles. The molecule has 0 aromatic carbocycles. The third kappa shape index (κ3) is 3.40. The van der Waals surface area contributed by atoms with E-state index in [2.05, 4.69) is 15.3 Å². The first kappa shape index (κ1) is 12.3. The minimum atomic E-state index is 0.191. The molecule has 1 fully saturated rings. The van der Waals surface area contributed by atoms with E-state index in [1.165, 1.54) is 25.7 Å². The number of aliphatic hydroxyl groups is 1. The number of aliphatic hydroxyl groups excluding tert-OH is 1. The maximum atomic E-state index is 8.86. The van der Waals surface area contributed by atoms with Gasteiger partial charge in [-0.3, -0.25) is 0 Å². The average molecular weight is 235 g/mol. The van der Waals surface area contributed by atoms with Crippen molar-refractivity contribution in [2.75, 3.05) is 11.9 Å². The standard InChI is InChI=1S/C13H21N3O/c1-10(7-9-17)15-13-14-8-6-12(16-13)11-4-2-3-5-11/h6,8,10-11,17H,2-5,7,9H2,1H3,(H,14,15,16)/t10-/m1/s1. The topological polar surface area (TPSA) is 58.0 Å². The molecule has 1 aliphatic rings. The third-order valence-electron chi connectivity index (χ3n) is 3.39. The SMILES string of the molecule is C[C@H](CCO)Nc1nccc(C2CCCC2)n1. The highest BCUT2D eigenvalue weighted by Crippen LogP contribution is 2.32. The largest absolute Gasteiger partial charge is 0.396 e. The van der Waals surface area contributed by atoms with Crippen LogP contribution in [0.25, 0.3) is 0 Å². The fourth-order valence-electron chi connectivity index (χ4n) is 2.38. The summed E-state index contributed by atoms with van der Waals surface area (Å²) in [5.41, 5.74) is 1.16. The second-order valence-electron chi connectivity index (χ2n) is 4.84. The van der Waals surface area contributed by atoms with Gasteiger partial charge in [-0.1, -0.05) is 12.8 Å². The van der Waals surface area contributed by atoms with E-state index in [1.807, 2.05) is 19.2 Å². The van der Waals surface area contributed by atoms with E-state index in [4.69, 9.17) is 5.11 Å². The van der Waals surface area contributed by atoms with Crippen molar-refractivity contribution in [2.24, 2.45) is 0 Å². The van der Waals surface area contributed by atoms with Crippen LogP contribution in [-0.2, 0) is 0 Å². The first-order chi connectivity index (χ1) is 8.29. The van der Waals surface area contributed by atoms with E-state index in [9.17, 15) is 0 Å². The van der Waals surface area contributed by atoms with Gasteiger partial charge in [-0.25, -0.2) is 9.97 Å². The maximum Gasteiger partial charge on any atom is 0.223 e. The first-order valence-electron chi connectivity index (χ1n) is 6.50. The van der Waals surface area contributed by atoms with Gasteiger partial charge in [-0.15, -0.1) is 0 Å². The Kier molecular flexibility index (Phi) is 4.31. The fraction of sp³-hybridized carbons (Fsp3) is 0.692. The van der Waals surface area contributed by atoms with Crippen LogP contribution in [0.3, 0.4) is 0 Å². The highest BCUT2D eigenvalue weighted by molar-refractivity contribution is 5.27. The second kappa shape index (κ2) is 5.96. The van der Waals surface area contributed by atoms with Crippen molar-refractivity contribution in [3.05, 3.63) is 18.0 Å². The van der Waals surface area contributed by atoms with Crippen LogP contribution in [0.4, 0.5) is 5.95 Å². The lowest BCUT2D eigenvalue weighted by molar-refractivity contribution is 0.282. The summed E-state index contributed by atoms with van der Waals surface area (Å²) in [6.45, 7) is 2.22. The second-order valence-corrected chi connectivity index (χ2v) is 4.84. The number of anilines is 1.